The van der Waals surface area contributed by atoms with E-state index in [1.807, 2.05) is 0 Å². The maximum Gasteiger partial charge on any atom is 0.00124 e. The van der Waals surface area contributed by atoms with Gasteiger partial charge in [-0.1, -0.05) is 6.92 Å². The largest absolute Gasteiger partial charge is 0.306 e. The number of likely N-dealkylation sites (tertiary alicyclic amines) is 1. The maximum absolute atomic E-state index is 2.47. The lowest BCUT2D eigenvalue weighted by molar-refractivity contribution is 0.139. The summed E-state index contributed by atoms with van der Waals surface area (Å²) in [6.45, 7) is 5.13. The van der Waals surface area contributed by atoms with Crippen molar-refractivity contribution in [1.82, 2.24) is 4.90 Å². The van der Waals surface area contributed by atoms with Crippen LogP contribution in [0.1, 0.15) is 13.3 Å². The predicted molar refractivity (Wildman–Crippen MR) is 38.3 cm³/mol. The van der Waals surface area contributed by atoms with E-state index in [1.54, 1.807) is 0 Å². The van der Waals surface area contributed by atoms with E-state index in [-0.39, 0.29) is 0 Å². The first-order chi connectivity index (χ1) is 4.27. The van der Waals surface area contributed by atoms with Crippen molar-refractivity contribution in [1.29, 1.82) is 0 Å². The molecule has 2 fully saturated rings. The van der Waals surface area contributed by atoms with Crippen LogP contribution in [0.2, 0.25) is 0 Å². The second-order valence-electron chi connectivity index (χ2n) is 3.86. The third kappa shape index (κ3) is 0.710. The molecule has 0 amide bonds. The Kier molecular flexibility index (Phi) is 1.10. The third-order valence-electron chi connectivity index (χ3n) is 3.08. The molecule has 2 unspecified atom stereocenters. The summed E-state index contributed by atoms with van der Waals surface area (Å²) < 4.78 is 0. The Morgan fingerprint density at radius 3 is 2.56 bits per heavy atom. The quantitative estimate of drug-likeness (QED) is 0.470. The Morgan fingerprint density at radius 2 is 2.11 bits per heavy atom. The highest BCUT2D eigenvalue weighted by Gasteiger charge is 2.43. The zero-order chi connectivity index (χ0) is 6.43. The SMILES string of the molecule is C[C@H]1CC2CN(C)CC21. The minimum Gasteiger partial charge on any atom is -0.306 e. The van der Waals surface area contributed by atoms with E-state index < -0.39 is 0 Å². The van der Waals surface area contributed by atoms with E-state index >= 15 is 0 Å². The lowest BCUT2D eigenvalue weighted by Gasteiger charge is -2.36. The Labute approximate surface area is 57.0 Å². The van der Waals surface area contributed by atoms with E-state index in [0.29, 0.717) is 0 Å². The van der Waals surface area contributed by atoms with Gasteiger partial charge in [0.25, 0.3) is 0 Å². The van der Waals surface area contributed by atoms with Crippen LogP contribution in [0.15, 0.2) is 0 Å². The van der Waals surface area contributed by atoms with Crippen molar-refractivity contribution in [2.45, 2.75) is 13.3 Å². The zero-order valence-electron chi connectivity index (χ0n) is 6.30. The minimum atomic E-state index is 1.03. The molecule has 1 aliphatic heterocycles. The van der Waals surface area contributed by atoms with Gasteiger partial charge in [0, 0.05) is 13.1 Å². The average molecular weight is 125 g/mol. The summed E-state index contributed by atoms with van der Waals surface area (Å²) >= 11 is 0. The van der Waals surface area contributed by atoms with Crippen molar-refractivity contribution in [3.8, 4) is 0 Å². The van der Waals surface area contributed by atoms with Crippen molar-refractivity contribution < 1.29 is 0 Å². The Bertz CT molecular complexity index is 122. The Balaban J connectivity index is 2.00. The highest BCUT2D eigenvalue weighted by atomic mass is 15.1. The fourth-order valence-corrected chi connectivity index (χ4v) is 2.47. The number of fused-ring (bicyclic) bond motifs is 1. The highest BCUT2D eigenvalue weighted by molar-refractivity contribution is 4.94. The summed E-state index contributed by atoms with van der Waals surface area (Å²) in [5.41, 5.74) is 0. The maximum atomic E-state index is 2.47. The first-order valence-electron chi connectivity index (χ1n) is 3.96. The van der Waals surface area contributed by atoms with Gasteiger partial charge >= 0.3 is 0 Å². The van der Waals surface area contributed by atoms with Crippen molar-refractivity contribution in [3.63, 3.8) is 0 Å². The van der Waals surface area contributed by atoms with E-state index in [0.717, 1.165) is 17.8 Å². The summed E-state index contributed by atoms with van der Waals surface area (Å²) in [4.78, 5) is 2.47. The fourth-order valence-electron chi connectivity index (χ4n) is 2.47. The first-order valence-corrected chi connectivity index (χ1v) is 3.96. The molecule has 1 saturated heterocycles. The summed E-state index contributed by atoms with van der Waals surface area (Å²) in [5.74, 6) is 3.17. The van der Waals surface area contributed by atoms with Gasteiger partial charge in [0.1, 0.15) is 0 Å². The van der Waals surface area contributed by atoms with Gasteiger partial charge in [-0.05, 0) is 31.2 Å². The van der Waals surface area contributed by atoms with Crippen molar-refractivity contribution in [2.75, 3.05) is 20.1 Å². The van der Waals surface area contributed by atoms with Gasteiger partial charge in [0.2, 0.25) is 0 Å². The van der Waals surface area contributed by atoms with Gasteiger partial charge in [0.05, 0.1) is 0 Å². The van der Waals surface area contributed by atoms with Crippen LogP contribution in [0.4, 0.5) is 0 Å². The molecular weight excluding hydrogens is 110 g/mol. The van der Waals surface area contributed by atoms with E-state index in [9.17, 15) is 0 Å². The molecule has 0 bridgehead atoms. The molecule has 3 atom stereocenters. The highest BCUT2D eigenvalue weighted by Crippen LogP contribution is 2.44. The molecule has 1 saturated carbocycles. The summed E-state index contributed by atoms with van der Waals surface area (Å²) in [7, 11) is 2.24. The van der Waals surface area contributed by atoms with Gasteiger partial charge in [-0.15, -0.1) is 0 Å². The van der Waals surface area contributed by atoms with Crippen LogP contribution < -0.4 is 0 Å². The lowest BCUT2D eigenvalue weighted by Crippen LogP contribution is -2.33. The van der Waals surface area contributed by atoms with Gasteiger partial charge in [0.15, 0.2) is 0 Å². The fraction of sp³-hybridized carbons (Fsp3) is 1.00. The van der Waals surface area contributed by atoms with Crippen molar-refractivity contribution in [2.24, 2.45) is 17.8 Å². The van der Waals surface area contributed by atoms with Crippen LogP contribution >= 0.6 is 0 Å². The molecule has 0 aromatic carbocycles. The van der Waals surface area contributed by atoms with Gasteiger partial charge in [-0.25, -0.2) is 0 Å². The predicted octanol–water partition coefficient (Wildman–Crippen LogP) is 1.20. The van der Waals surface area contributed by atoms with Crippen LogP contribution in [0, 0.1) is 17.8 Å². The Morgan fingerprint density at radius 1 is 1.33 bits per heavy atom. The topological polar surface area (TPSA) is 3.24 Å². The molecule has 0 N–H and O–H groups in total. The van der Waals surface area contributed by atoms with Crippen LogP contribution in [0.3, 0.4) is 0 Å². The molecule has 1 heteroatoms. The number of hydrogen-bond acceptors (Lipinski definition) is 1. The first kappa shape index (κ1) is 5.72. The second kappa shape index (κ2) is 1.72. The van der Waals surface area contributed by atoms with Crippen LogP contribution in [-0.2, 0) is 0 Å². The average Bonchev–Trinajstić information content (AvgIpc) is 2.08. The van der Waals surface area contributed by atoms with E-state index in [2.05, 4.69) is 18.9 Å². The van der Waals surface area contributed by atoms with Crippen LogP contribution in [0.5, 0.6) is 0 Å². The summed E-state index contributed by atoms with van der Waals surface area (Å²) in [6, 6.07) is 0. The minimum absolute atomic E-state index is 1.03. The molecule has 0 radical (unpaired) electrons. The van der Waals surface area contributed by atoms with Crippen molar-refractivity contribution >= 4 is 0 Å². The molecule has 2 aliphatic rings. The summed E-state index contributed by atoms with van der Waals surface area (Å²) in [6.07, 6.45) is 1.50. The zero-order valence-corrected chi connectivity index (χ0v) is 6.30. The molecule has 9 heavy (non-hydrogen) atoms. The molecule has 2 rings (SSSR count). The van der Waals surface area contributed by atoms with Gasteiger partial charge < -0.3 is 4.90 Å². The van der Waals surface area contributed by atoms with E-state index in [4.69, 9.17) is 0 Å². The lowest BCUT2D eigenvalue weighted by atomic mass is 9.68. The van der Waals surface area contributed by atoms with Gasteiger partial charge in [-0.3, -0.25) is 0 Å². The standard InChI is InChI=1S/C8H15N/c1-6-3-7-4-9(2)5-8(6)7/h6-8H,3-5H2,1-2H3/t6-,7?,8?/m0/s1. The normalized spacial score (nSPS) is 50.7. The summed E-state index contributed by atoms with van der Waals surface area (Å²) in [5, 5.41) is 0. The molecule has 0 aromatic rings. The third-order valence-corrected chi connectivity index (χ3v) is 3.08. The number of rotatable bonds is 0. The molecule has 52 valence electrons. The molecule has 1 heterocycles. The van der Waals surface area contributed by atoms with Crippen LogP contribution in [0.25, 0.3) is 0 Å². The monoisotopic (exact) mass is 125 g/mol. The van der Waals surface area contributed by atoms with Crippen molar-refractivity contribution in [3.05, 3.63) is 0 Å². The number of nitrogens with zero attached hydrogens (tertiary/aromatic N) is 1. The van der Waals surface area contributed by atoms with E-state index in [1.165, 1.54) is 19.5 Å². The molecule has 0 aromatic heterocycles. The smallest absolute Gasteiger partial charge is 0.00124 e. The number of hydrogen-bond donors (Lipinski definition) is 0. The van der Waals surface area contributed by atoms with Crippen LogP contribution in [-0.4, -0.2) is 25.0 Å². The molecular formula is C8H15N. The van der Waals surface area contributed by atoms with Gasteiger partial charge in [-0.2, -0.15) is 0 Å². The molecule has 1 nitrogen and oxygen atoms in total. The molecule has 1 aliphatic carbocycles. The second-order valence-corrected chi connectivity index (χ2v) is 3.86. The Hall–Kier alpha value is -0.0400. The molecule has 0 spiro atoms.